The summed E-state index contributed by atoms with van der Waals surface area (Å²) in [5.74, 6) is 0. The van der Waals surface area contributed by atoms with Crippen LogP contribution in [0.3, 0.4) is 0 Å². The van der Waals surface area contributed by atoms with Gasteiger partial charge < -0.3 is 0 Å². The van der Waals surface area contributed by atoms with Crippen LogP contribution in [0.4, 0.5) is 0 Å². The molecule has 0 atom stereocenters. The molecule has 0 heterocycles. The first kappa shape index (κ1) is 11.6. The minimum atomic E-state index is -0.191. The fraction of sp³-hybridized carbons (Fsp3) is 0. The van der Waals surface area contributed by atoms with Crippen molar-refractivity contribution in [2.45, 2.75) is 0 Å². The Labute approximate surface area is 107 Å². The maximum atomic E-state index is 3.76. The van der Waals surface area contributed by atoms with Gasteiger partial charge in [-0.25, -0.2) is 0 Å². The minimum absolute atomic E-state index is 0.0931. The van der Waals surface area contributed by atoms with Gasteiger partial charge >= 0.3 is 17.7 Å². The molecule has 0 saturated carbocycles. The van der Waals surface area contributed by atoms with E-state index in [1.54, 1.807) is 0 Å². The summed E-state index contributed by atoms with van der Waals surface area (Å²) in [6.07, 6.45) is 0. The van der Waals surface area contributed by atoms with E-state index < -0.39 is 0 Å². The van der Waals surface area contributed by atoms with E-state index >= 15 is 0 Å². The summed E-state index contributed by atoms with van der Waals surface area (Å²) < 4.78 is 0. The van der Waals surface area contributed by atoms with Gasteiger partial charge in [-0.05, 0) is 10.6 Å². The first-order valence-corrected chi connectivity index (χ1v) is 12.2. The lowest BCUT2D eigenvalue weighted by Gasteiger charge is -2.16. The minimum Gasteiger partial charge on any atom is -0.295 e. The van der Waals surface area contributed by atoms with E-state index in [9.17, 15) is 0 Å². The first-order valence-electron chi connectivity index (χ1n) is 4.85. The normalized spacial score (nSPS) is 10.0. The van der Waals surface area contributed by atoms with Crippen LogP contribution < -0.4 is 10.6 Å². The summed E-state index contributed by atoms with van der Waals surface area (Å²) in [5, 5.41) is 2.98. The highest BCUT2D eigenvalue weighted by atomic mass is 79.9. The van der Waals surface area contributed by atoms with E-state index in [0.29, 0.717) is 0 Å². The van der Waals surface area contributed by atoms with Crippen molar-refractivity contribution in [2.24, 2.45) is 0 Å². The smallest absolute Gasteiger partial charge is 0.295 e. The third-order valence-corrected chi connectivity index (χ3v) is 11.8. The molecule has 0 unspecified atom stereocenters. The summed E-state index contributed by atoms with van der Waals surface area (Å²) in [7, 11) is 0. The Morgan fingerprint density at radius 1 is 0.733 bits per heavy atom. The Bertz CT molecular complexity index is 365. The molecule has 2 rings (SSSR count). The van der Waals surface area contributed by atoms with E-state index in [4.69, 9.17) is 0 Å². The Kier molecular flexibility index (Phi) is 4.64. The molecule has 72 valence electrons. The quantitative estimate of drug-likeness (QED) is 0.602. The number of hydrogen-bond donors (Lipinski definition) is 0. The van der Waals surface area contributed by atoms with Crippen molar-refractivity contribution in [2.75, 3.05) is 0 Å². The third kappa shape index (κ3) is 3.04. The van der Waals surface area contributed by atoms with Crippen LogP contribution >= 0.6 is 18.6 Å². The van der Waals surface area contributed by atoms with Gasteiger partial charge in [0.15, 0.2) is 0 Å². The van der Waals surface area contributed by atoms with Gasteiger partial charge in [-0.3, -0.25) is 12.9 Å². The van der Waals surface area contributed by atoms with Gasteiger partial charge in [0.1, 0.15) is 0 Å². The maximum absolute atomic E-state index is 3.76. The maximum Gasteiger partial charge on any atom is 0.516 e. The molecule has 0 amide bonds. The molecule has 0 aromatic heterocycles. The summed E-state index contributed by atoms with van der Waals surface area (Å²) >= 11 is 3.57. The van der Waals surface area contributed by atoms with Crippen LogP contribution in [0.1, 0.15) is 0 Å². The molecule has 0 N–H and O–H groups in total. The number of rotatable bonds is 3. The molecular formula is C12H10BrMgP. The van der Waals surface area contributed by atoms with Gasteiger partial charge in [-0.1, -0.05) is 60.7 Å². The molecule has 3 heteroatoms. The second-order valence-electron chi connectivity index (χ2n) is 3.22. The van der Waals surface area contributed by atoms with Crippen LogP contribution in [0, 0.1) is 0 Å². The lowest BCUT2D eigenvalue weighted by Crippen LogP contribution is -2.13. The molecule has 0 nitrogen and oxygen atoms in total. The van der Waals surface area contributed by atoms with E-state index in [2.05, 4.69) is 73.5 Å². The molecule has 0 bridgehead atoms. The number of halogens is 1. The Balaban J connectivity index is 2.34. The summed E-state index contributed by atoms with van der Waals surface area (Å²) in [4.78, 5) is 0. The molecule has 2 aromatic rings. The molecule has 15 heavy (non-hydrogen) atoms. The molecule has 2 aromatic carbocycles. The summed E-state index contributed by atoms with van der Waals surface area (Å²) in [6, 6.07) is 21.7. The van der Waals surface area contributed by atoms with Crippen LogP contribution in [-0.4, -0.2) is 17.7 Å². The molecule has 0 fully saturated rings. The van der Waals surface area contributed by atoms with E-state index in [-0.39, 0.29) is 23.4 Å². The van der Waals surface area contributed by atoms with Crippen LogP contribution in [0.2, 0.25) is 0 Å². The highest BCUT2D eigenvalue weighted by molar-refractivity contribution is 9.26. The largest absolute Gasteiger partial charge is 0.516 e. The third-order valence-electron chi connectivity index (χ3n) is 2.26. The zero-order chi connectivity index (χ0) is 10.5. The zero-order valence-corrected chi connectivity index (χ0v) is 12.2. The lowest BCUT2D eigenvalue weighted by atomic mass is 10.4. The van der Waals surface area contributed by atoms with Crippen LogP contribution in [0.5, 0.6) is 0 Å². The fourth-order valence-electron chi connectivity index (χ4n) is 1.50. The van der Waals surface area contributed by atoms with Gasteiger partial charge in [-0.15, -0.1) is 0 Å². The van der Waals surface area contributed by atoms with Gasteiger partial charge in [0.05, 0.1) is 0 Å². The second-order valence-corrected chi connectivity index (χ2v) is 12.5. The molecule has 0 spiro atoms. The zero-order valence-electron chi connectivity index (χ0n) is 8.31. The van der Waals surface area contributed by atoms with Crippen molar-refractivity contribution in [1.82, 2.24) is 0 Å². The molecule has 0 aliphatic rings. The average molecular weight is 289 g/mol. The second kappa shape index (κ2) is 6.00. The Morgan fingerprint density at radius 2 is 1.13 bits per heavy atom. The topological polar surface area (TPSA) is 0 Å². The van der Waals surface area contributed by atoms with Crippen LogP contribution in [0.25, 0.3) is 0 Å². The van der Waals surface area contributed by atoms with Crippen molar-refractivity contribution in [3.63, 3.8) is 0 Å². The lowest BCUT2D eigenvalue weighted by molar-refractivity contribution is 1.76. The van der Waals surface area contributed by atoms with Crippen molar-refractivity contribution < 1.29 is 0 Å². The van der Waals surface area contributed by atoms with Crippen molar-refractivity contribution in [3.8, 4) is 0 Å². The van der Waals surface area contributed by atoms with E-state index in [0.717, 1.165) is 0 Å². The number of benzene rings is 2. The van der Waals surface area contributed by atoms with Gasteiger partial charge in [-0.2, -0.15) is 5.71 Å². The van der Waals surface area contributed by atoms with Gasteiger partial charge in [0.25, 0.3) is 0 Å². The van der Waals surface area contributed by atoms with Crippen molar-refractivity contribution in [3.05, 3.63) is 60.7 Å². The Hall–Kier alpha value is 0.116. The Morgan fingerprint density at radius 3 is 1.47 bits per heavy atom. The molecule has 0 saturated heterocycles. The molecule has 0 aliphatic heterocycles. The van der Waals surface area contributed by atoms with E-state index in [1.807, 2.05) is 0 Å². The van der Waals surface area contributed by atoms with Crippen LogP contribution in [0.15, 0.2) is 60.7 Å². The van der Waals surface area contributed by atoms with Gasteiger partial charge in [0, 0.05) is 0 Å². The van der Waals surface area contributed by atoms with Crippen molar-refractivity contribution >= 4 is 46.9 Å². The molecule has 0 radical (unpaired) electrons. The van der Waals surface area contributed by atoms with Gasteiger partial charge in [0.2, 0.25) is 0 Å². The SMILES string of the molecule is [Br][Mg][P](c1ccccc1)c1ccccc1. The van der Waals surface area contributed by atoms with Crippen molar-refractivity contribution in [1.29, 1.82) is 0 Å². The monoisotopic (exact) mass is 288 g/mol. The first-order chi connectivity index (χ1) is 7.42. The average Bonchev–Trinajstić information content (AvgIpc) is 2.33. The highest BCUT2D eigenvalue weighted by Gasteiger charge is 2.12. The molecule has 0 aliphatic carbocycles. The summed E-state index contributed by atoms with van der Waals surface area (Å²) in [5.41, 5.74) is -0.0931. The predicted molar refractivity (Wildman–Crippen MR) is 73.8 cm³/mol. The van der Waals surface area contributed by atoms with Crippen LogP contribution in [-0.2, 0) is 0 Å². The highest BCUT2D eigenvalue weighted by Crippen LogP contribution is 2.32. The molecular weight excluding hydrogens is 279 g/mol. The predicted octanol–water partition coefficient (Wildman–Crippen LogP) is 3.05. The fourth-order valence-corrected chi connectivity index (χ4v) is 10.4. The number of hydrogen-bond acceptors (Lipinski definition) is 0. The van der Waals surface area contributed by atoms with E-state index in [1.165, 1.54) is 10.6 Å². The standard InChI is InChI=1S/C12H10P.BrH.Mg/c1-3-7-11(8-4-1)13-12-9-5-2-6-10-12;;/h1-10H;1H;/q-1;;+2/p-1. The summed E-state index contributed by atoms with van der Waals surface area (Å²) in [6.45, 7) is 0.